The van der Waals surface area contributed by atoms with Gasteiger partial charge in [-0.05, 0) is 48.4 Å². The fraction of sp³-hybridized carbons (Fsp3) is 0.516. The molecule has 34 heavy (non-hydrogen) atoms. The third-order valence-electron chi connectivity index (χ3n) is 9.91. The molecule has 3 atom stereocenters. The lowest BCUT2D eigenvalue weighted by molar-refractivity contribution is -0.764. The van der Waals surface area contributed by atoms with E-state index in [2.05, 4.69) is 72.2 Å². The monoisotopic (exact) mass is 462 g/mol. The number of benzene rings is 2. The molecule has 1 aromatic heterocycles. The van der Waals surface area contributed by atoms with E-state index in [1.165, 1.54) is 5.56 Å². The zero-order chi connectivity index (χ0) is 24.8. The molecule has 0 bridgehead atoms. The van der Waals surface area contributed by atoms with Crippen LogP contribution in [0.1, 0.15) is 96.9 Å². The summed E-state index contributed by atoms with van der Waals surface area (Å²) in [6.45, 7) is 17.6. The van der Waals surface area contributed by atoms with Gasteiger partial charge in [0, 0.05) is 35.8 Å². The van der Waals surface area contributed by atoms with Crippen LogP contribution in [0.5, 0.6) is 0 Å². The van der Waals surface area contributed by atoms with Crippen molar-refractivity contribution in [3.63, 3.8) is 0 Å². The Hall–Kier alpha value is -2.29. The summed E-state index contributed by atoms with van der Waals surface area (Å²) in [5.41, 5.74) is 4.81. The maximum absolute atomic E-state index is 16.1. The Kier molecular flexibility index (Phi) is 5.07. The largest absolute Gasteiger partial charge is 0.222 e. The summed E-state index contributed by atoms with van der Waals surface area (Å²) in [5.74, 6) is 0.119. The molecule has 0 radical (unpaired) electrons. The van der Waals surface area contributed by atoms with E-state index < -0.39 is 5.41 Å². The Balaban J connectivity index is 2.02. The highest BCUT2D eigenvalue weighted by atomic mass is 19.1. The highest BCUT2D eigenvalue weighted by Gasteiger charge is 2.59. The Morgan fingerprint density at radius 1 is 0.941 bits per heavy atom. The standard InChI is InChI=1S/C31H38F2N/c1-9-18(4)16-19-17-22-24-20(27(19)33)14-15-34-28(24)25-21(30(7,10-2)31(34,8)11-3)12-13-23(32)26(25)29(22,5)6/h12-15,17-18H,9-11,16H2,1-8H3/q+1. The van der Waals surface area contributed by atoms with Crippen molar-refractivity contribution in [2.24, 2.45) is 5.92 Å². The van der Waals surface area contributed by atoms with Crippen LogP contribution in [0.3, 0.4) is 0 Å². The van der Waals surface area contributed by atoms with E-state index in [9.17, 15) is 0 Å². The summed E-state index contributed by atoms with van der Waals surface area (Å²) in [5, 5.41) is 1.64. The summed E-state index contributed by atoms with van der Waals surface area (Å²) >= 11 is 0. The summed E-state index contributed by atoms with van der Waals surface area (Å²) in [6.07, 6.45) is 5.64. The van der Waals surface area contributed by atoms with Crippen LogP contribution in [0.2, 0.25) is 0 Å². The van der Waals surface area contributed by atoms with Crippen LogP contribution in [0.25, 0.3) is 22.0 Å². The van der Waals surface area contributed by atoms with Gasteiger partial charge in [-0.2, -0.15) is 4.57 Å². The van der Waals surface area contributed by atoms with Crippen LogP contribution >= 0.6 is 0 Å². The normalized spacial score (nSPS) is 25.0. The first-order chi connectivity index (χ1) is 16.0. The molecule has 0 saturated heterocycles. The first-order valence-electron chi connectivity index (χ1n) is 13.0. The lowest BCUT2D eigenvalue weighted by atomic mass is 9.57. The van der Waals surface area contributed by atoms with Crippen molar-refractivity contribution in [1.29, 1.82) is 0 Å². The van der Waals surface area contributed by atoms with Crippen molar-refractivity contribution in [3.8, 4) is 11.3 Å². The van der Waals surface area contributed by atoms with Crippen molar-refractivity contribution in [3.05, 3.63) is 64.4 Å². The molecule has 3 unspecified atom stereocenters. The topological polar surface area (TPSA) is 3.88 Å². The molecule has 3 heteroatoms. The van der Waals surface area contributed by atoms with Gasteiger partial charge in [-0.25, -0.2) is 8.78 Å². The fourth-order valence-electron chi connectivity index (χ4n) is 7.03. The molecule has 2 aliphatic rings. The maximum Gasteiger partial charge on any atom is 0.222 e. The van der Waals surface area contributed by atoms with Gasteiger partial charge >= 0.3 is 0 Å². The van der Waals surface area contributed by atoms with Crippen LogP contribution in [0, 0.1) is 17.6 Å². The first kappa shape index (κ1) is 23.5. The Bertz CT molecular complexity index is 1340. The third kappa shape index (κ3) is 2.62. The SMILES string of the molecule is CCC(C)Cc1cc2c3c4[n+](ccc3c1F)C(C)(CC)C(C)(CC)c1ccc(F)c(c1-4)C2(C)C. The quantitative estimate of drug-likeness (QED) is 0.337. The van der Waals surface area contributed by atoms with Gasteiger partial charge in [0.2, 0.25) is 5.69 Å². The van der Waals surface area contributed by atoms with Crippen molar-refractivity contribution < 1.29 is 13.3 Å². The zero-order valence-electron chi connectivity index (χ0n) is 22.0. The van der Waals surface area contributed by atoms with E-state index in [0.29, 0.717) is 17.7 Å². The molecular weight excluding hydrogens is 424 g/mol. The molecule has 0 amide bonds. The summed E-state index contributed by atoms with van der Waals surface area (Å²) in [6, 6.07) is 7.71. The zero-order valence-corrected chi connectivity index (χ0v) is 22.0. The number of hydrogen-bond acceptors (Lipinski definition) is 0. The Morgan fingerprint density at radius 2 is 1.65 bits per heavy atom. The molecule has 1 nitrogen and oxygen atoms in total. The number of halogens is 2. The Morgan fingerprint density at radius 3 is 2.26 bits per heavy atom. The van der Waals surface area contributed by atoms with E-state index in [0.717, 1.165) is 52.6 Å². The number of aromatic nitrogens is 1. The van der Waals surface area contributed by atoms with Crippen molar-refractivity contribution in [2.45, 2.75) is 97.4 Å². The highest BCUT2D eigenvalue weighted by molar-refractivity contribution is 6.02. The van der Waals surface area contributed by atoms with Crippen LogP contribution in [0.4, 0.5) is 8.78 Å². The molecule has 180 valence electrons. The van der Waals surface area contributed by atoms with Gasteiger partial charge in [0.1, 0.15) is 11.6 Å². The molecule has 0 fully saturated rings. The van der Waals surface area contributed by atoms with Crippen LogP contribution in [-0.4, -0.2) is 0 Å². The second kappa shape index (κ2) is 7.35. The second-order valence-corrected chi connectivity index (χ2v) is 11.7. The van der Waals surface area contributed by atoms with Crippen LogP contribution in [0.15, 0.2) is 30.5 Å². The van der Waals surface area contributed by atoms with Gasteiger partial charge < -0.3 is 0 Å². The van der Waals surface area contributed by atoms with Gasteiger partial charge in [-0.3, -0.25) is 0 Å². The molecule has 2 aromatic carbocycles. The maximum atomic E-state index is 16.1. The molecule has 5 rings (SSSR count). The van der Waals surface area contributed by atoms with E-state index in [4.69, 9.17) is 0 Å². The molecule has 1 aliphatic carbocycles. The Labute approximate surface area is 203 Å². The molecule has 1 aliphatic heterocycles. The minimum Gasteiger partial charge on any atom is -0.207 e. The summed E-state index contributed by atoms with van der Waals surface area (Å²) < 4.78 is 34.2. The fourth-order valence-corrected chi connectivity index (χ4v) is 7.03. The minimum atomic E-state index is -0.563. The predicted octanol–water partition coefficient (Wildman–Crippen LogP) is 8.11. The van der Waals surface area contributed by atoms with Gasteiger partial charge in [0.05, 0.1) is 16.4 Å². The lowest BCUT2D eigenvalue weighted by Crippen LogP contribution is -2.68. The lowest BCUT2D eigenvalue weighted by Gasteiger charge is -2.49. The number of pyridine rings is 1. The van der Waals surface area contributed by atoms with Crippen LogP contribution < -0.4 is 4.57 Å². The molecule has 0 saturated carbocycles. The van der Waals surface area contributed by atoms with Crippen molar-refractivity contribution in [2.75, 3.05) is 0 Å². The van der Waals surface area contributed by atoms with Crippen molar-refractivity contribution >= 4 is 10.8 Å². The average molecular weight is 463 g/mol. The highest BCUT2D eigenvalue weighted by Crippen LogP contribution is 2.57. The minimum absolute atomic E-state index is 0.110. The summed E-state index contributed by atoms with van der Waals surface area (Å²) in [7, 11) is 0. The molecule has 0 spiro atoms. The molecule has 2 heterocycles. The van der Waals surface area contributed by atoms with Crippen LogP contribution in [-0.2, 0) is 22.8 Å². The smallest absolute Gasteiger partial charge is 0.207 e. The van der Waals surface area contributed by atoms with Crippen molar-refractivity contribution in [1.82, 2.24) is 0 Å². The van der Waals surface area contributed by atoms with Gasteiger partial charge in [0.15, 0.2) is 11.7 Å². The molecular formula is C31H38F2N+. The van der Waals surface area contributed by atoms with E-state index in [-0.39, 0.29) is 22.6 Å². The number of hydrogen-bond donors (Lipinski definition) is 0. The van der Waals surface area contributed by atoms with E-state index in [1.807, 2.05) is 12.1 Å². The first-order valence-corrected chi connectivity index (χ1v) is 13.0. The van der Waals surface area contributed by atoms with Gasteiger partial charge in [-0.15, -0.1) is 0 Å². The molecule has 0 N–H and O–H groups in total. The van der Waals surface area contributed by atoms with E-state index in [1.54, 1.807) is 6.07 Å². The second-order valence-electron chi connectivity index (χ2n) is 11.7. The van der Waals surface area contributed by atoms with E-state index >= 15 is 8.78 Å². The summed E-state index contributed by atoms with van der Waals surface area (Å²) in [4.78, 5) is 0. The van der Waals surface area contributed by atoms with Gasteiger partial charge in [0.25, 0.3) is 0 Å². The number of nitrogens with zero attached hydrogens (tertiary/aromatic N) is 1. The average Bonchev–Trinajstić information content (AvgIpc) is 2.82. The number of rotatable bonds is 5. The third-order valence-corrected chi connectivity index (χ3v) is 9.91. The molecule has 3 aromatic rings. The predicted molar refractivity (Wildman–Crippen MR) is 136 cm³/mol. The van der Waals surface area contributed by atoms with Gasteiger partial charge in [-0.1, -0.05) is 60.1 Å².